The smallest absolute Gasteiger partial charge is 0.267 e. The van der Waals surface area contributed by atoms with Crippen molar-refractivity contribution in [2.24, 2.45) is 0 Å². The minimum absolute atomic E-state index is 0. The van der Waals surface area contributed by atoms with Crippen LogP contribution in [-0.2, 0) is 6.42 Å². The third-order valence-electron chi connectivity index (χ3n) is 3.92. The average Bonchev–Trinajstić information content (AvgIpc) is 3.00. The summed E-state index contributed by atoms with van der Waals surface area (Å²) in [4.78, 5) is 4.50. The molecule has 0 bridgehead atoms. The second-order valence-electron chi connectivity index (χ2n) is 6.15. The topological polar surface area (TPSA) is 60.2 Å². The molecule has 0 radical (unpaired) electrons. The van der Waals surface area contributed by atoms with E-state index in [0.29, 0.717) is 23.7 Å². The summed E-state index contributed by atoms with van der Waals surface area (Å²) < 4.78 is 11.6. The molecule has 6 heteroatoms. The highest BCUT2D eigenvalue weighted by atomic mass is 35.5. The highest BCUT2D eigenvalue weighted by molar-refractivity contribution is 5.85. The fourth-order valence-electron chi connectivity index (χ4n) is 2.38. The van der Waals surface area contributed by atoms with Gasteiger partial charge in [0.15, 0.2) is 11.9 Å². The van der Waals surface area contributed by atoms with Crippen LogP contribution in [0.3, 0.4) is 0 Å². The highest BCUT2D eigenvalue weighted by Crippen LogP contribution is 2.31. The molecule has 0 saturated heterocycles. The van der Waals surface area contributed by atoms with Crippen molar-refractivity contribution >= 4 is 12.4 Å². The Morgan fingerprint density at radius 3 is 2.54 bits per heavy atom. The Kier molecular flexibility index (Phi) is 8.22. The molecule has 2 aromatic rings. The van der Waals surface area contributed by atoms with Crippen molar-refractivity contribution in [3.63, 3.8) is 0 Å². The summed E-state index contributed by atoms with van der Waals surface area (Å²) in [5.74, 6) is 2.54. The third-order valence-corrected chi connectivity index (χ3v) is 3.92. The first kappa shape index (κ1) is 20.5. The molecule has 0 aliphatic rings. The molecule has 5 nitrogen and oxygen atoms in total. The molecule has 134 valence electrons. The summed E-state index contributed by atoms with van der Waals surface area (Å²) in [6, 6.07) is 8.43. The monoisotopic (exact) mass is 353 g/mol. The first-order valence-corrected chi connectivity index (χ1v) is 8.30. The molecule has 2 rings (SSSR count). The van der Waals surface area contributed by atoms with Gasteiger partial charge in [0.05, 0.1) is 0 Å². The maximum atomic E-state index is 6.17. The normalized spacial score (nSPS) is 13.4. The van der Waals surface area contributed by atoms with E-state index in [1.807, 2.05) is 25.2 Å². The van der Waals surface area contributed by atoms with E-state index in [1.165, 1.54) is 5.56 Å². The lowest BCUT2D eigenvalue weighted by Crippen LogP contribution is -2.24. The molecule has 1 heterocycles. The van der Waals surface area contributed by atoms with Crippen LogP contribution in [0.15, 0.2) is 28.8 Å². The van der Waals surface area contributed by atoms with Gasteiger partial charge in [-0.15, -0.1) is 12.4 Å². The molecule has 1 aromatic heterocycles. The van der Waals surface area contributed by atoms with Crippen LogP contribution in [0.4, 0.5) is 0 Å². The van der Waals surface area contributed by atoms with Gasteiger partial charge in [-0.3, -0.25) is 0 Å². The van der Waals surface area contributed by atoms with E-state index in [4.69, 9.17) is 9.26 Å². The lowest BCUT2D eigenvalue weighted by molar-refractivity contribution is 0.152. The van der Waals surface area contributed by atoms with Crippen molar-refractivity contribution in [3.05, 3.63) is 41.5 Å². The molecule has 0 aliphatic heterocycles. The molecule has 2 unspecified atom stereocenters. The standard InChI is InChI=1S/C18H27N3O2.ClH/c1-6-15(18-20-17(21-23-18)11-13(4)19-5)22-16-10-8-7-9-14(16)12(2)3;/h7-10,12-13,15,19H,6,11H2,1-5H3;1H. The van der Waals surface area contributed by atoms with E-state index in [1.54, 1.807) is 0 Å². The van der Waals surface area contributed by atoms with E-state index >= 15 is 0 Å². The van der Waals surface area contributed by atoms with Gasteiger partial charge in [-0.2, -0.15) is 4.98 Å². The van der Waals surface area contributed by atoms with E-state index in [9.17, 15) is 0 Å². The van der Waals surface area contributed by atoms with Crippen LogP contribution in [0.25, 0.3) is 0 Å². The number of rotatable bonds is 8. The van der Waals surface area contributed by atoms with Gasteiger partial charge in [0.1, 0.15) is 5.75 Å². The maximum Gasteiger partial charge on any atom is 0.267 e. The number of benzene rings is 1. The molecule has 0 spiro atoms. The van der Waals surface area contributed by atoms with E-state index in [2.05, 4.69) is 49.2 Å². The van der Waals surface area contributed by atoms with Gasteiger partial charge in [0.2, 0.25) is 0 Å². The van der Waals surface area contributed by atoms with Crippen molar-refractivity contribution in [3.8, 4) is 5.75 Å². The summed E-state index contributed by atoms with van der Waals surface area (Å²) >= 11 is 0. The van der Waals surface area contributed by atoms with E-state index in [0.717, 1.165) is 18.6 Å². The highest BCUT2D eigenvalue weighted by Gasteiger charge is 2.21. The number of hydrogen-bond acceptors (Lipinski definition) is 5. The summed E-state index contributed by atoms with van der Waals surface area (Å²) in [7, 11) is 1.92. The largest absolute Gasteiger partial charge is 0.480 e. The fourth-order valence-corrected chi connectivity index (χ4v) is 2.38. The molecule has 0 aliphatic carbocycles. The lowest BCUT2D eigenvalue weighted by atomic mass is 10.0. The molecular weight excluding hydrogens is 326 g/mol. The number of halogens is 1. The van der Waals surface area contributed by atoms with Crippen LogP contribution in [-0.4, -0.2) is 23.2 Å². The molecule has 1 N–H and O–H groups in total. The second kappa shape index (κ2) is 9.64. The number of likely N-dealkylation sites (N-methyl/N-ethyl adjacent to an activating group) is 1. The number of aromatic nitrogens is 2. The molecule has 0 amide bonds. The number of ether oxygens (including phenoxy) is 1. The van der Waals surface area contributed by atoms with Gasteiger partial charge in [-0.25, -0.2) is 0 Å². The number of hydrogen-bond donors (Lipinski definition) is 1. The number of nitrogens with zero attached hydrogens (tertiary/aromatic N) is 2. The van der Waals surface area contributed by atoms with Crippen molar-refractivity contribution in [1.82, 2.24) is 15.5 Å². The summed E-state index contributed by atoms with van der Waals surface area (Å²) in [6.45, 7) is 8.46. The Morgan fingerprint density at radius 1 is 1.21 bits per heavy atom. The van der Waals surface area contributed by atoms with Gasteiger partial charge in [0.25, 0.3) is 5.89 Å². The average molecular weight is 354 g/mol. The van der Waals surface area contributed by atoms with Gasteiger partial charge in [-0.1, -0.05) is 44.1 Å². The van der Waals surface area contributed by atoms with Gasteiger partial charge in [-0.05, 0) is 37.9 Å². The van der Waals surface area contributed by atoms with Crippen LogP contribution < -0.4 is 10.1 Å². The predicted octanol–water partition coefficient (Wildman–Crippen LogP) is 4.30. The first-order valence-electron chi connectivity index (χ1n) is 8.30. The molecule has 0 saturated carbocycles. The Morgan fingerprint density at radius 2 is 1.92 bits per heavy atom. The van der Waals surface area contributed by atoms with Gasteiger partial charge >= 0.3 is 0 Å². The molecule has 2 atom stereocenters. The lowest BCUT2D eigenvalue weighted by Gasteiger charge is -2.18. The molecule has 24 heavy (non-hydrogen) atoms. The zero-order chi connectivity index (χ0) is 16.8. The minimum Gasteiger partial charge on any atom is -0.480 e. The van der Waals surface area contributed by atoms with Crippen molar-refractivity contribution in [1.29, 1.82) is 0 Å². The van der Waals surface area contributed by atoms with Crippen LogP contribution in [0.2, 0.25) is 0 Å². The van der Waals surface area contributed by atoms with E-state index in [-0.39, 0.29) is 18.5 Å². The maximum absolute atomic E-state index is 6.17. The summed E-state index contributed by atoms with van der Waals surface area (Å²) in [5.41, 5.74) is 1.19. The number of nitrogens with one attached hydrogen (secondary N) is 1. The van der Waals surface area contributed by atoms with Crippen LogP contribution in [0, 0.1) is 0 Å². The quantitative estimate of drug-likeness (QED) is 0.766. The second-order valence-corrected chi connectivity index (χ2v) is 6.15. The van der Waals surface area contributed by atoms with Gasteiger partial charge < -0.3 is 14.6 Å². The minimum atomic E-state index is -0.221. The fraction of sp³-hybridized carbons (Fsp3) is 0.556. The number of para-hydroxylation sites is 1. The van der Waals surface area contributed by atoms with Crippen LogP contribution in [0.5, 0.6) is 5.75 Å². The van der Waals surface area contributed by atoms with Crippen LogP contribution >= 0.6 is 12.4 Å². The zero-order valence-electron chi connectivity index (χ0n) is 15.1. The Balaban J connectivity index is 0.00000288. The third kappa shape index (κ3) is 5.21. The molecular formula is C18H28ClN3O2. The molecule has 1 aromatic carbocycles. The zero-order valence-corrected chi connectivity index (χ0v) is 15.9. The summed E-state index contributed by atoms with van der Waals surface area (Å²) in [6.07, 6.45) is 1.29. The van der Waals surface area contributed by atoms with E-state index < -0.39 is 0 Å². The Labute approximate surface area is 150 Å². The summed E-state index contributed by atoms with van der Waals surface area (Å²) in [5, 5.41) is 7.24. The Bertz CT molecular complexity index is 616. The Hall–Kier alpha value is -1.59. The van der Waals surface area contributed by atoms with Crippen molar-refractivity contribution in [2.45, 2.75) is 58.6 Å². The first-order chi connectivity index (χ1) is 11.0. The molecule has 0 fully saturated rings. The van der Waals surface area contributed by atoms with Crippen molar-refractivity contribution in [2.75, 3.05) is 7.05 Å². The SMILES string of the molecule is CCC(Oc1ccccc1C(C)C)c1nc(CC(C)NC)no1.Cl. The predicted molar refractivity (Wildman–Crippen MR) is 98.0 cm³/mol. The van der Waals surface area contributed by atoms with Gasteiger partial charge in [0, 0.05) is 12.5 Å². The van der Waals surface area contributed by atoms with Crippen molar-refractivity contribution < 1.29 is 9.26 Å². The van der Waals surface area contributed by atoms with Crippen LogP contribution in [0.1, 0.15) is 63.4 Å².